The third-order valence-corrected chi connectivity index (χ3v) is 4.35. The van der Waals surface area contributed by atoms with E-state index < -0.39 is 0 Å². The highest BCUT2D eigenvalue weighted by molar-refractivity contribution is 7.17. The molecule has 0 unspecified atom stereocenters. The molecule has 0 spiro atoms. The van der Waals surface area contributed by atoms with E-state index in [1.165, 1.54) is 11.3 Å². The van der Waals surface area contributed by atoms with Gasteiger partial charge < -0.3 is 9.73 Å². The second-order valence-electron chi connectivity index (χ2n) is 4.43. The van der Waals surface area contributed by atoms with Crippen LogP contribution in [0.2, 0.25) is 5.02 Å². The number of furan rings is 1. The summed E-state index contributed by atoms with van der Waals surface area (Å²) in [5.74, 6) is 0.634. The molecule has 0 atom stereocenters. The standard InChI is InChI=1S/C16H12ClNO2S/c17-12-5-3-11(4-6-12)14-7-8-15(21-14)16(19)18-10-13-2-1-9-20-13/h1-9H,10H2,(H,18,19). The van der Waals surface area contributed by atoms with Crippen LogP contribution in [-0.2, 0) is 6.54 Å². The average Bonchev–Trinajstić information content (AvgIpc) is 3.17. The zero-order valence-electron chi connectivity index (χ0n) is 11.0. The lowest BCUT2D eigenvalue weighted by Gasteiger charge is -2.00. The van der Waals surface area contributed by atoms with Crippen LogP contribution in [0.25, 0.3) is 10.4 Å². The van der Waals surface area contributed by atoms with Crippen LogP contribution in [0, 0.1) is 0 Å². The van der Waals surface area contributed by atoms with Gasteiger partial charge in [0.2, 0.25) is 0 Å². The summed E-state index contributed by atoms with van der Waals surface area (Å²) in [5.41, 5.74) is 1.05. The smallest absolute Gasteiger partial charge is 0.261 e. The van der Waals surface area contributed by atoms with E-state index in [1.54, 1.807) is 12.3 Å². The van der Waals surface area contributed by atoms with Crippen LogP contribution < -0.4 is 5.32 Å². The fraction of sp³-hybridized carbons (Fsp3) is 0.0625. The van der Waals surface area contributed by atoms with Gasteiger partial charge in [0, 0.05) is 9.90 Å². The molecular formula is C16H12ClNO2S. The molecule has 0 saturated heterocycles. The molecule has 0 saturated carbocycles. The molecule has 3 rings (SSSR count). The molecule has 0 fully saturated rings. The third-order valence-electron chi connectivity index (χ3n) is 2.96. The highest BCUT2D eigenvalue weighted by Gasteiger charge is 2.10. The number of nitrogens with one attached hydrogen (secondary N) is 1. The van der Waals surface area contributed by atoms with Crippen molar-refractivity contribution in [2.45, 2.75) is 6.54 Å². The van der Waals surface area contributed by atoms with Crippen LogP contribution >= 0.6 is 22.9 Å². The first-order chi connectivity index (χ1) is 10.2. The Morgan fingerprint density at radius 1 is 1.14 bits per heavy atom. The minimum atomic E-state index is -0.100. The minimum Gasteiger partial charge on any atom is -0.467 e. The summed E-state index contributed by atoms with van der Waals surface area (Å²) in [5, 5.41) is 3.53. The van der Waals surface area contributed by atoms with Crippen molar-refractivity contribution in [3.8, 4) is 10.4 Å². The van der Waals surface area contributed by atoms with Gasteiger partial charge >= 0.3 is 0 Å². The average molecular weight is 318 g/mol. The van der Waals surface area contributed by atoms with Crippen LogP contribution in [0.15, 0.2) is 59.2 Å². The van der Waals surface area contributed by atoms with Crippen LogP contribution in [0.5, 0.6) is 0 Å². The van der Waals surface area contributed by atoms with Crippen molar-refractivity contribution >= 4 is 28.8 Å². The number of halogens is 1. The maximum Gasteiger partial charge on any atom is 0.261 e. The predicted molar refractivity (Wildman–Crippen MR) is 84.6 cm³/mol. The second kappa shape index (κ2) is 6.16. The van der Waals surface area contributed by atoms with Gasteiger partial charge in [0.1, 0.15) is 5.76 Å². The van der Waals surface area contributed by atoms with Gasteiger partial charge in [-0.25, -0.2) is 0 Å². The van der Waals surface area contributed by atoms with Gasteiger partial charge in [-0.2, -0.15) is 0 Å². The maximum absolute atomic E-state index is 12.1. The first kappa shape index (κ1) is 13.9. The lowest BCUT2D eigenvalue weighted by atomic mass is 10.2. The summed E-state index contributed by atoms with van der Waals surface area (Å²) in [7, 11) is 0. The first-order valence-corrected chi connectivity index (χ1v) is 7.58. The fourth-order valence-corrected chi connectivity index (χ4v) is 2.95. The topological polar surface area (TPSA) is 42.2 Å². The van der Waals surface area contributed by atoms with Gasteiger partial charge in [0.05, 0.1) is 17.7 Å². The van der Waals surface area contributed by atoms with Gasteiger partial charge in [0.25, 0.3) is 5.91 Å². The molecule has 0 aliphatic carbocycles. The fourth-order valence-electron chi connectivity index (χ4n) is 1.90. The largest absolute Gasteiger partial charge is 0.467 e. The van der Waals surface area contributed by atoms with Crippen molar-refractivity contribution in [3.05, 3.63) is 70.5 Å². The Labute approximate surface area is 131 Å². The number of carbonyl (C=O) groups excluding carboxylic acids is 1. The predicted octanol–water partition coefficient (Wildman–Crippen LogP) is 4.59. The Bertz CT molecular complexity index is 732. The number of hydrogen-bond donors (Lipinski definition) is 1. The summed E-state index contributed by atoms with van der Waals surface area (Å²) in [6.07, 6.45) is 1.59. The van der Waals surface area contributed by atoms with Crippen LogP contribution in [0.4, 0.5) is 0 Å². The molecule has 0 radical (unpaired) electrons. The molecule has 1 N–H and O–H groups in total. The minimum absolute atomic E-state index is 0.100. The van der Waals surface area contributed by atoms with E-state index in [0.717, 1.165) is 16.2 Å². The van der Waals surface area contributed by atoms with Crippen molar-refractivity contribution in [2.24, 2.45) is 0 Å². The van der Waals surface area contributed by atoms with Gasteiger partial charge in [-0.05, 0) is 42.0 Å². The number of benzene rings is 1. The quantitative estimate of drug-likeness (QED) is 0.764. The van der Waals surface area contributed by atoms with Crippen molar-refractivity contribution in [3.63, 3.8) is 0 Å². The molecule has 3 aromatic rings. The van der Waals surface area contributed by atoms with Crippen LogP contribution in [0.3, 0.4) is 0 Å². The molecule has 5 heteroatoms. The summed E-state index contributed by atoms with van der Waals surface area (Å²) < 4.78 is 5.18. The van der Waals surface area contributed by atoms with E-state index in [4.69, 9.17) is 16.0 Å². The van der Waals surface area contributed by atoms with E-state index in [9.17, 15) is 4.79 Å². The van der Waals surface area contributed by atoms with Crippen molar-refractivity contribution in [1.29, 1.82) is 0 Å². The molecule has 21 heavy (non-hydrogen) atoms. The third kappa shape index (κ3) is 3.35. The maximum atomic E-state index is 12.1. The second-order valence-corrected chi connectivity index (χ2v) is 5.95. The van der Waals surface area contributed by atoms with Crippen molar-refractivity contribution < 1.29 is 9.21 Å². The number of amides is 1. The molecule has 1 amide bonds. The van der Waals surface area contributed by atoms with Gasteiger partial charge in [-0.15, -0.1) is 11.3 Å². The summed E-state index contributed by atoms with van der Waals surface area (Å²) in [6.45, 7) is 0.389. The number of hydrogen-bond acceptors (Lipinski definition) is 3. The van der Waals surface area contributed by atoms with Crippen LogP contribution in [-0.4, -0.2) is 5.91 Å². The van der Waals surface area contributed by atoms with E-state index in [-0.39, 0.29) is 5.91 Å². The molecule has 2 heterocycles. The van der Waals surface area contributed by atoms with Crippen LogP contribution in [0.1, 0.15) is 15.4 Å². The number of rotatable bonds is 4. The van der Waals surface area contributed by atoms with Gasteiger partial charge in [-0.3, -0.25) is 4.79 Å². The highest BCUT2D eigenvalue weighted by atomic mass is 35.5. The van der Waals surface area contributed by atoms with E-state index in [0.29, 0.717) is 16.4 Å². The SMILES string of the molecule is O=C(NCc1ccco1)c1ccc(-c2ccc(Cl)cc2)s1. The molecule has 0 bridgehead atoms. The normalized spacial score (nSPS) is 10.5. The van der Waals surface area contributed by atoms with Crippen molar-refractivity contribution in [1.82, 2.24) is 5.32 Å². The Hall–Kier alpha value is -2.04. The summed E-state index contributed by atoms with van der Waals surface area (Å²) in [4.78, 5) is 13.8. The Kier molecular flexibility index (Phi) is 4.08. The Morgan fingerprint density at radius 2 is 1.95 bits per heavy atom. The van der Waals surface area contributed by atoms with Gasteiger partial charge in [0.15, 0.2) is 0 Å². The summed E-state index contributed by atoms with van der Waals surface area (Å²) >= 11 is 7.33. The lowest BCUT2D eigenvalue weighted by molar-refractivity contribution is 0.0952. The Balaban J connectivity index is 1.69. The lowest BCUT2D eigenvalue weighted by Crippen LogP contribution is -2.21. The molecular weight excluding hydrogens is 306 g/mol. The number of carbonyl (C=O) groups is 1. The highest BCUT2D eigenvalue weighted by Crippen LogP contribution is 2.29. The molecule has 3 nitrogen and oxygen atoms in total. The zero-order chi connectivity index (χ0) is 14.7. The first-order valence-electron chi connectivity index (χ1n) is 6.39. The molecule has 1 aromatic carbocycles. The molecule has 106 valence electrons. The number of thiophene rings is 1. The van der Waals surface area contributed by atoms with Gasteiger partial charge in [-0.1, -0.05) is 23.7 Å². The van der Waals surface area contributed by atoms with E-state index in [2.05, 4.69) is 5.32 Å². The van der Waals surface area contributed by atoms with E-state index in [1.807, 2.05) is 42.5 Å². The molecule has 2 aromatic heterocycles. The van der Waals surface area contributed by atoms with Crippen molar-refractivity contribution in [2.75, 3.05) is 0 Å². The molecule has 0 aliphatic rings. The zero-order valence-corrected chi connectivity index (χ0v) is 12.6. The monoisotopic (exact) mass is 317 g/mol. The summed E-state index contributed by atoms with van der Waals surface area (Å²) in [6, 6.07) is 15.0. The Morgan fingerprint density at radius 3 is 2.67 bits per heavy atom. The molecule has 0 aliphatic heterocycles. The van der Waals surface area contributed by atoms with E-state index >= 15 is 0 Å².